The van der Waals surface area contributed by atoms with E-state index in [4.69, 9.17) is 32.7 Å². The van der Waals surface area contributed by atoms with Crippen LogP contribution in [0.2, 0.25) is 10.0 Å². The summed E-state index contributed by atoms with van der Waals surface area (Å²) in [5.74, 6) is -0.357. The zero-order chi connectivity index (χ0) is 22.3. The van der Waals surface area contributed by atoms with Crippen LogP contribution in [0.5, 0.6) is 5.75 Å². The number of benzene rings is 2. The molecule has 158 valence electrons. The van der Waals surface area contributed by atoms with Gasteiger partial charge in [-0.05, 0) is 71.0 Å². The van der Waals surface area contributed by atoms with Gasteiger partial charge in [0.25, 0.3) is 5.91 Å². The fourth-order valence-corrected chi connectivity index (χ4v) is 3.26. The molecule has 0 atom stereocenters. The van der Waals surface area contributed by atoms with Gasteiger partial charge in [-0.3, -0.25) is 4.79 Å². The van der Waals surface area contributed by atoms with Crippen LogP contribution in [0.15, 0.2) is 36.4 Å². The summed E-state index contributed by atoms with van der Waals surface area (Å²) < 4.78 is 11.5. The summed E-state index contributed by atoms with van der Waals surface area (Å²) in [5.41, 5.74) is 0.475. The molecule has 0 unspecified atom stereocenters. The van der Waals surface area contributed by atoms with Crippen molar-refractivity contribution in [2.45, 2.75) is 45.8 Å². The molecule has 0 spiro atoms. The van der Waals surface area contributed by atoms with Crippen molar-refractivity contribution >= 4 is 52.4 Å². The Labute approximate surface area is 186 Å². The smallest absolute Gasteiger partial charge is 0.350 e. The molecule has 1 aliphatic rings. The lowest BCUT2D eigenvalue weighted by molar-refractivity contribution is -0.170. The third kappa shape index (κ3) is 4.97. The molecule has 0 saturated heterocycles. The van der Waals surface area contributed by atoms with Gasteiger partial charge < -0.3 is 14.8 Å². The van der Waals surface area contributed by atoms with Crippen molar-refractivity contribution in [3.63, 3.8) is 0 Å². The quantitative estimate of drug-likeness (QED) is 0.461. The number of halogens is 2. The molecular weight excluding hydrogens is 425 g/mol. The highest BCUT2D eigenvalue weighted by atomic mass is 35.5. The molecule has 30 heavy (non-hydrogen) atoms. The van der Waals surface area contributed by atoms with Crippen LogP contribution in [0.4, 0.5) is 5.69 Å². The molecule has 2 aromatic rings. The van der Waals surface area contributed by atoms with Gasteiger partial charge in [0.2, 0.25) is 0 Å². The van der Waals surface area contributed by atoms with Gasteiger partial charge in [0.05, 0.1) is 5.69 Å². The maximum Gasteiger partial charge on any atom is 0.350 e. The van der Waals surface area contributed by atoms with Gasteiger partial charge >= 0.3 is 5.97 Å². The van der Waals surface area contributed by atoms with Crippen LogP contribution < -0.4 is 10.1 Å². The summed E-state index contributed by atoms with van der Waals surface area (Å²) in [7, 11) is 0. The number of nitrogens with one attached hydrogen (secondary N) is 1. The van der Waals surface area contributed by atoms with Crippen LogP contribution in [0.1, 0.15) is 45.7 Å². The number of rotatable bonds is 4. The lowest BCUT2D eigenvalue weighted by Gasteiger charge is -2.29. The van der Waals surface area contributed by atoms with Crippen LogP contribution >= 0.6 is 23.2 Å². The molecule has 0 aliphatic carbocycles. The molecule has 1 amide bonds. The summed E-state index contributed by atoms with van der Waals surface area (Å²) in [6, 6.07) is 10.2. The number of fused-ring (bicyclic) bond motifs is 1. The summed E-state index contributed by atoms with van der Waals surface area (Å²) >= 11 is 12.2. The van der Waals surface area contributed by atoms with Gasteiger partial charge in [-0.25, -0.2) is 4.79 Å². The molecule has 0 radical (unpaired) electrons. The van der Waals surface area contributed by atoms with Crippen molar-refractivity contribution in [3.05, 3.63) is 57.6 Å². The van der Waals surface area contributed by atoms with Crippen molar-refractivity contribution in [1.82, 2.24) is 0 Å². The van der Waals surface area contributed by atoms with E-state index in [0.29, 0.717) is 32.6 Å². The zero-order valence-corrected chi connectivity index (χ0v) is 18.9. The number of hydrogen-bond acceptors (Lipinski definition) is 4. The number of anilines is 1. The van der Waals surface area contributed by atoms with E-state index >= 15 is 0 Å². The van der Waals surface area contributed by atoms with E-state index in [1.54, 1.807) is 77.1 Å². The largest absolute Gasteiger partial charge is 0.476 e. The lowest BCUT2D eigenvalue weighted by Crippen LogP contribution is -2.43. The summed E-state index contributed by atoms with van der Waals surface area (Å²) in [6.07, 6.45) is 1.68. The van der Waals surface area contributed by atoms with Crippen LogP contribution in [-0.4, -0.2) is 23.1 Å². The van der Waals surface area contributed by atoms with E-state index in [0.717, 1.165) is 5.56 Å². The Morgan fingerprint density at radius 2 is 1.63 bits per heavy atom. The minimum absolute atomic E-state index is 0.260. The normalized spacial score (nSPS) is 15.0. The Morgan fingerprint density at radius 3 is 2.30 bits per heavy atom. The fraction of sp³-hybridized carbons (Fsp3) is 0.304. The highest BCUT2D eigenvalue weighted by molar-refractivity contribution is 6.37. The second-order valence-electron chi connectivity index (χ2n) is 8.50. The molecule has 3 rings (SSSR count). The maximum atomic E-state index is 12.6. The van der Waals surface area contributed by atoms with Crippen molar-refractivity contribution in [2.24, 2.45) is 0 Å². The summed E-state index contributed by atoms with van der Waals surface area (Å²) in [6.45, 7) is 8.64. The van der Waals surface area contributed by atoms with Gasteiger partial charge in [0.1, 0.15) is 11.4 Å². The Morgan fingerprint density at radius 1 is 1.00 bits per heavy atom. The molecule has 1 N–H and O–H groups in total. The van der Waals surface area contributed by atoms with E-state index in [9.17, 15) is 9.59 Å². The minimum Gasteiger partial charge on any atom is -0.476 e. The maximum absolute atomic E-state index is 12.6. The third-order valence-electron chi connectivity index (χ3n) is 4.29. The second-order valence-corrected chi connectivity index (χ2v) is 9.37. The van der Waals surface area contributed by atoms with Gasteiger partial charge in [0, 0.05) is 26.7 Å². The van der Waals surface area contributed by atoms with Crippen LogP contribution in [0.25, 0.3) is 11.6 Å². The van der Waals surface area contributed by atoms with Crippen LogP contribution in [0.3, 0.4) is 0 Å². The van der Waals surface area contributed by atoms with E-state index in [1.165, 1.54) is 0 Å². The van der Waals surface area contributed by atoms with Gasteiger partial charge in [-0.15, -0.1) is 0 Å². The SMILES string of the molecule is CC(C)(C)OC(=O)C(C)(C)Oc1ccc(Cl)cc1/C=C1\C(=O)Nc2cc(Cl)ccc21. The molecule has 5 nitrogen and oxygen atoms in total. The third-order valence-corrected chi connectivity index (χ3v) is 4.76. The Balaban J connectivity index is 1.99. The van der Waals surface area contributed by atoms with E-state index < -0.39 is 17.2 Å². The fourth-order valence-electron chi connectivity index (χ4n) is 2.91. The molecule has 0 bridgehead atoms. The standard InChI is InChI=1S/C23H23Cl2NO4/c1-22(2,3)30-21(28)23(4,5)29-19-9-7-14(24)10-13(19)11-17-16-8-6-15(25)12-18(16)26-20(17)27/h6-12H,1-5H3,(H,26,27)/b17-11-. The first-order chi connectivity index (χ1) is 13.9. The van der Waals surface area contributed by atoms with Gasteiger partial charge in [0.15, 0.2) is 5.60 Å². The average molecular weight is 448 g/mol. The number of ether oxygens (including phenoxy) is 2. The predicted octanol–water partition coefficient (Wildman–Crippen LogP) is 5.99. The summed E-state index contributed by atoms with van der Waals surface area (Å²) in [4.78, 5) is 25.1. The Hall–Kier alpha value is -2.50. The van der Waals surface area contributed by atoms with Crippen molar-refractivity contribution in [3.8, 4) is 5.75 Å². The highest BCUT2D eigenvalue weighted by Crippen LogP contribution is 2.37. The molecular formula is C23H23Cl2NO4. The van der Waals surface area contributed by atoms with Gasteiger partial charge in [-0.1, -0.05) is 29.3 Å². The highest BCUT2D eigenvalue weighted by Gasteiger charge is 2.35. The van der Waals surface area contributed by atoms with E-state index in [-0.39, 0.29) is 5.91 Å². The molecule has 0 saturated carbocycles. The molecule has 0 fully saturated rings. The lowest BCUT2D eigenvalue weighted by atomic mass is 10.0. The zero-order valence-electron chi connectivity index (χ0n) is 17.4. The predicted molar refractivity (Wildman–Crippen MR) is 120 cm³/mol. The van der Waals surface area contributed by atoms with Crippen molar-refractivity contribution in [1.29, 1.82) is 0 Å². The molecule has 0 aromatic heterocycles. The Bertz CT molecular complexity index is 1050. The summed E-state index contributed by atoms with van der Waals surface area (Å²) in [5, 5.41) is 3.80. The van der Waals surface area contributed by atoms with E-state index in [2.05, 4.69) is 5.32 Å². The number of amides is 1. The number of carbonyl (C=O) groups excluding carboxylic acids is 2. The first-order valence-electron chi connectivity index (χ1n) is 9.41. The first-order valence-corrected chi connectivity index (χ1v) is 10.2. The second kappa shape index (κ2) is 7.97. The van der Waals surface area contributed by atoms with Crippen molar-refractivity contribution < 1.29 is 19.1 Å². The number of hydrogen-bond donors (Lipinski definition) is 1. The molecule has 7 heteroatoms. The monoisotopic (exact) mass is 447 g/mol. The number of esters is 1. The molecule has 1 aliphatic heterocycles. The molecule has 1 heterocycles. The van der Waals surface area contributed by atoms with Crippen LogP contribution in [-0.2, 0) is 14.3 Å². The van der Waals surface area contributed by atoms with Crippen molar-refractivity contribution in [2.75, 3.05) is 5.32 Å². The topological polar surface area (TPSA) is 64.6 Å². The molecule has 2 aromatic carbocycles. The Kier molecular flexibility index (Phi) is 5.89. The van der Waals surface area contributed by atoms with Crippen LogP contribution in [0, 0.1) is 0 Å². The van der Waals surface area contributed by atoms with E-state index in [1.807, 2.05) is 0 Å². The average Bonchev–Trinajstić information content (AvgIpc) is 2.90. The minimum atomic E-state index is -1.25. The number of carbonyl (C=O) groups is 2. The van der Waals surface area contributed by atoms with Gasteiger partial charge in [-0.2, -0.15) is 0 Å². The first kappa shape index (κ1) is 22.2.